The topological polar surface area (TPSA) is 27.9 Å². The first kappa shape index (κ1) is 31.4. The first-order valence-electron chi connectivity index (χ1n) is 19.8. The van der Waals surface area contributed by atoms with Crippen LogP contribution in [0.2, 0.25) is 0 Å². The van der Waals surface area contributed by atoms with Gasteiger partial charge in [0, 0.05) is 54.8 Å². The molecule has 4 heteroatoms. The summed E-state index contributed by atoms with van der Waals surface area (Å²) < 4.78 is 13.8. The zero-order valence-corrected chi connectivity index (χ0v) is 31.3. The van der Waals surface area contributed by atoms with Gasteiger partial charge < -0.3 is 18.1 Å². The van der Waals surface area contributed by atoms with Crippen LogP contribution < -0.4 is 0 Å². The van der Waals surface area contributed by atoms with Gasteiger partial charge in [0.2, 0.25) is 0 Å². The summed E-state index contributed by atoms with van der Waals surface area (Å²) in [6, 6.07) is 72.5. The van der Waals surface area contributed by atoms with Crippen molar-refractivity contribution in [1.82, 2.24) is 13.7 Å². The molecular weight excluding hydrogens is 707 g/mol. The second kappa shape index (κ2) is 11.8. The fraction of sp³-hybridized carbons (Fsp3) is 0. The molecule has 0 bridgehead atoms. The monoisotopic (exact) mass is 739 g/mol. The summed E-state index contributed by atoms with van der Waals surface area (Å²) in [5, 5.41) is 9.53. The van der Waals surface area contributed by atoms with E-state index in [0.29, 0.717) is 0 Å². The highest BCUT2D eigenvalue weighted by Crippen LogP contribution is 2.43. The number of hydrogen-bond donors (Lipinski definition) is 0. The van der Waals surface area contributed by atoms with Gasteiger partial charge in [0.15, 0.2) is 0 Å². The second-order valence-corrected chi connectivity index (χ2v) is 15.3. The Labute approximate surface area is 332 Å². The third-order valence-electron chi connectivity index (χ3n) is 12.2. The molecule has 9 aromatic carbocycles. The van der Waals surface area contributed by atoms with E-state index in [4.69, 9.17) is 4.42 Å². The van der Waals surface area contributed by atoms with Crippen LogP contribution in [0.3, 0.4) is 0 Å². The minimum absolute atomic E-state index is 0.907. The van der Waals surface area contributed by atoms with Gasteiger partial charge in [-0.25, -0.2) is 0 Å². The molecule has 0 N–H and O–H groups in total. The van der Waals surface area contributed by atoms with E-state index in [1.54, 1.807) is 0 Å². The molecule has 0 unspecified atom stereocenters. The molecule has 0 amide bonds. The van der Waals surface area contributed by atoms with Crippen molar-refractivity contribution in [2.45, 2.75) is 0 Å². The van der Waals surface area contributed by atoms with Crippen LogP contribution in [-0.2, 0) is 0 Å². The van der Waals surface area contributed by atoms with Crippen LogP contribution in [-0.4, -0.2) is 13.7 Å². The minimum atomic E-state index is 0.907. The maximum absolute atomic E-state index is 6.68. The highest BCUT2D eigenvalue weighted by atomic mass is 16.3. The summed E-state index contributed by atoms with van der Waals surface area (Å²) in [4.78, 5) is 0. The molecule has 0 radical (unpaired) electrons. The molecule has 0 saturated heterocycles. The average molecular weight is 740 g/mol. The van der Waals surface area contributed by atoms with Gasteiger partial charge in [-0.1, -0.05) is 103 Å². The van der Waals surface area contributed by atoms with Gasteiger partial charge in [-0.3, -0.25) is 0 Å². The number of para-hydroxylation sites is 5. The fourth-order valence-electron chi connectivity index (χ4n) is 9.71. The normalized spacial score (nSPS) is 12.1. The van der Waals surface area contributed by atoms with Crippen LogP contribution in [0.4, 0.5) is 0 Å². The smallest absolute Gasteiger partial charge is 0.145 e. The van der Waals surface area contributed by atoms with Crippen LogP contribution in [0.1, 0.15) is 0 Å². The van der Waals surface area contributed by atoms with Gasteiger partial charge in [0.1, 0.15) is 11.2 Å². The molecule has 13 rings (SSSR count). The van der Waals surface area contributed by atoms with Crippen molar-refractivity contribution in [3.63, 3.8) is 0 Å². The summed E-state index contributed by atoms with van der Waals surface area (Å²) in [7, 11) is 0. The Morgan fingerprint density at radius 2 is 0.741 bits per heavy atom. The number of fused-ring (bicyclic) bond motifs is 13. The number of nitrogens with zero attached hydrogens (tertiary/aromatic N) is 3. The third-order valence-corrected chi connectivity index (χ3v) is 12.2. The Balaban J connectivity index is 1.02. The summed E-state index contributed by atoms with van der Waals surface area (Å²) in [5.41, 5.74) is 14.7. The van der Waals surface area contributed by atoms with Crippen LogP contribution >= 0.6 is 0 Å². The third kappa shape index (κ3) is 4.34. The van der Waals surface area contributed by atoms with Crippen LogP contribution in [0.5, 0.6) is 0 Å². The predicted molar refractivity (Wildman–Crippen MR) is 242 cm³/mol. The molecule has 0 spiro atoms. The number of rotatable bonds is 4. The van der Waals surface area contributed by atoms with Crippen molar-refractivity contribution in [3.8, 4) is 28.2 Å². The Morgan fingerprint density at radius 3 is 1.41 bits per heavy atom. The summed E-state index contributed by atoms with van der Waals surface area (Å²) >= 11 is 0. The SMILES string of the molecule is c1ccc(-n2c3ccccc3c3cc(-n4c5ccccc5c5cc(-c6ccc7c(c6)c6c8oc9ccccc9c8ccc6n7-c6ccccc6)ccc54)ccc32)cc1. The Bertz CT molecular complexity index is 3790. The molecule has 4 heterocycles. The summed E-state index contributed by atoms with van der Waals surface area (Å²) in [6.07, 6.45) is 0. The molecule has 0 fully saturated rings. The molecule has 0 saturated carbocycles. The van der Waals surface area contributed by atoms with Crippen molar-refractivity contribution >= 4 is 87.4 Å². The maximum atomic E-state index is 6.68. The number of furan rings is 1. The molecule has 4 nitrogen and oxygen atoms in total. The summed E-state index contributed by atoms with van der Waals surface area (Å²) in [6.45, 7) is 0. The molecule has 0 atom stereocenters. The molecule has 58 heavy (non-hydrogen) atoms. The van der Waals surface area contributed by atoms with Gasteiger partial charge >= 0.3 is 0 Å². The van der Waals surface area contributed by atoms with Gasteiger partial charge in [-0.05, 0) is 108 Å². The van der Waals surface area contributed by atoms with E-state index in [-0.39, 0.29) is 0 Å². The van der Waals surface area contributed by atoms with Crippen LogP contribution in [0.25, 0.3) is 116 Å². The van der Waals surface area contributed by atoms with Gasteiger partial charge in [-0.15, -0.1) is 0 Å². The Morgan fingerprint density at radius 1 is 0.276 bits per heavy atom. The largest absolute Gasteiger partial charge is 0.455 e. The van der Waals surface area contributed by atoms with Crippen LogP contribution in [0.15, 0.2) is 205 Å². The number of aromatic nitrogens is 3. The summed E-state index contributed by atoms with van der Waals surface area (Å²) in [5.74, 6) is 0. The maximum Gasteiger partial charge on any atom is 0.145 e. The van der Waals surface area contributed by atoms with E-state index < -0.39 is 0 Å². The molecular formula is C54H33N3O. The fourth-order valence-corrected chi connectivity index (χ4v) is 9.71. The average Bonchev–Trinajstić information content (AvgIpc) is 4.02. The highest BCUT2D eigenvalue weighted by Gasteiger charge is 2.21. The van der Waals surface area contributed by atoms with Crippen molar-refractivity contribution in [3.05, 3.63) is 200 Å². The predicted octanol–water partition coefficient (Wildman–Crippen LogP) is 14.5. The lowest BCUT2D eigenvalue weighted by atomic mass is 10.00. The lowest BCUT2D eigenvalue weighted by molar-refractivity contribution is 0.673. The van der Waals surface area contributed by atoms with E-state index >= 15 is 0 Å². The van der Waals surface area contributed by atoms with E-state index in [2.05, 4.69) is 208 Å². The van der Waals surface area contributed by atoms with E-state index in [9.17, 15) is 0 Å². The standard InChI is InChI=1S/C54H33N3O/c1-3-13-36(14-4-1)55-46-20-10-8-18-40(46)44-33-38(25-29-49(44)55)57-47-21-11-7-17-39(47)43-31-34(23-27-48(43)57)35-24-28-50-45(32-35)53-51(56(50)37-15-5-2-6-16-37)30-26-42-41-19-9-12-22-52(41)58-54(42)53/h1-33H. The highest BCUT2D eigenvalue weighted by molar-refractivity contribution is 6.24. The minimum Gasteiger partial charge on any atom is -0.455 e. The van der Waals surface area contributed by atoms with E-state index in [1.165, 1.54) is 60.1 Å². The molecule has 4 aromatic heterocycles. The van der Waals surface area contributed by atoms with Crippen LogP contribution in [0, 0.1) is 0 Å². The van der Waals surface area contributed by atoms with Crippen molar-refractivity contribution in [2.75, 3.05) is 0 Å². The van der Waals surface area contributed by atoms with E-state index in [1.807, 2.05) is 6.07 Å². The van der Waals surface area contributed by atoms with Gasteiger partial charge in [0.25, 0.3) is 0 Å². The van der Waals surface area contributed by atoms with E-state index in [0.717, 1.165) is 55.4 Å². The quantitative estimate of drug-likeness (QED) is 0.177. The first-order valence-corrected chi connectivity index (χ1v) is 19.8. The number of benzene rings is 9. The van der Waals surface area contributed by atoms with Crippen molar-refractivity contribution < 1.29 is 4.42 Å². The van der Waals surface area contributed by atoms with Crippen molar-refractivity contribution in [2.24, 2.45) is 0 Å². The number of hydrogen-bond acceptors (Lipinski definition) is 1. The lowest BCUT2D eigenvalue weighted by Crippen LogP contribution is -1.95. The van der Waals surface area contributed by atoms with Gasteiger partial charge in [0.05, 0.1) is 38.5 Å². The lowest BCUT2D eigenvalue weighted by Gasteiger charge is -2.11. The zero-order valence-electron chi connectivity index (χ0n) is 31.3. The Hall–Kier alpha value is -7.82. The molecule has 0 aliphatic rings. The Kier molecular flexibility index (Phi) is 6.41. The first-order chi connectivity index (χ1) is 28.8. The molecule has 0 aliphatic heterocycles. The van der Waals surface area contributed by atoms with Gasteiger partial charge in [-0.2, -0.15) is 0 Å². The van der Waals surface area contributed by atoms with Crippen molar-refractivity contribution in [1.29, 1.82) is 0 Å². The molecule has 0 aliphatic carbocycles. The molecule has 13 aromatic rings. The second-order valence-electron chi connectivity index (χ2n) is 15.3. The molecule has 270 valence electrons. The zero-order chi connectivity index (χ0) is 37.9.